The molecule has 0 aromatic rings. The summed E-state index contributed by atoms with van der Waals surface area (Å²) in [7, 11) is 0. The molecule has 1 saturated carbocycles. The van der Waals surface area contributed by atoms with E-state index in [1.807, 2.05) is 0 Å². The number of hydrogen-bond donors (Lipinski definition) is 1. The third-order valence-corrected chi connectivity index (χ3v) is 2.74. The molecule has 0 bridgehead atoms. The molecule has 0 spiro atoms. The fraction of sp³-hybridized carbons (Fsp3) is 1.00. The summed E-state index contributed by atoms with van der Waals surface area (Å²) < 4.78 is 5.73. The highest BCUT2D eigenvalue weighted by Crippen LogP contribution is 2.21. The van der Waals surface area contributed by atoms with Crippen LogP contribution in [0.15, 0.2) is 0 Å². The lowest BCUT2D eigenvalue weighted by atomic mass is 9.92. The summed E-state index contributed by atoms with van der Waals surface area (Å²) in [5.74, 6) is 0. The topological polar surface area (TPSA) is 21.3 Å². The molecule has 2 heteroatoms. The highest BCUT2D eigenvalue weighted by atomic mass is 16.5. The first kappa shape index (κ1) is 11.0. The van der Waals surface area contributed by atoms with Gasteiger partial charge in [0.25, 0.3) is 0 Å². The Morgan fingerprint density at radius 1 is 1.23 bits per heavy atom. The molecule has 0 aromatic carbocycles. The smallest absolute Gasteiger partial charge is 0.0727 e. The fourth-order valence-corrected chi connectivity index (χ4v) is 2.07. The van der Waals surface area contributed by atoms with Crippen molar-refractivity contribution >= 4 is 0 Å². The van der Waals surface area contributed by atoms with Crippen LogP contribution in [0.5, 0.6) is 0 Å². The molecule has 1 aliphatic carbocycles. The van der Waals surface area contributed by atoms with Crippen molar-refractivity contribution in [2.75, 3.05) is 13.2 Å². The minimum atomic E-state index is 0.477. The standard InChI is InChI=1S/C11H23NO/c1-3-9-12-10-7-5-6-8-11(10)13-4-2/h10-12H,3-9H2,1-2H3. The minimum absolute atomic E-state index is 0.477. The van der Waals surface area contributed by atoms with Gasteiger partial charge in [-0.05, 0) is 32.7 Å². The van der Waals surface area contributed by atoms with Crippen LogP contribution in [0.4, 0.5) is 0 Å². The normalized spacial score (nSPS) is 29.1. The van der Waals surface area contributed by atoms with Gasteiger partial charge in [0.1, 0.15) is 0 Å². The van der Waals surface area contributed by atoms with Crippen molar-refractivity contribution < 1.29 is 4.74 Å². The number of hydrogen-bond acceptors (Lipinski definition) is 2. The second kappa shape index (κ2) is 6.39. The van der Waals surface area contributed by atoms with Crippen molar-refractivity contribution in [3.63, 3.8) is 0 Å². The zero-order valence-corrected chi connectivity index (χ0v) is 9.01. The van der Waals surface area contributed by atoms with Crippen molar-refractivity contribution in [2.24, 2.45) is 0 Å². The van der Waals surface area contributed by atoms with Crippen LogP contribution in [0.1, 0.15) is 46.0 Å². The molecule has 1 N–H and O–H groups in total. The lowest BCUT2D eigenvalue weighted by Gasteiger charge is -2.31. The Balaban J connectivity index is 2.28. The van der Waals surface area contributed by atoms with Gasteiger partial charge in [0, 0.05) is 12.6 Å². The fourth-order valence-electron chi connectivity index (χ4n) is 2.07. The third kappa shape index (κ3) is 3.65. The van der Waals surface area contributed by atoms with E-state index in [-0.39, 0.29) is 0 Å². The second-order valence-corrected chi connectivity index (χ2v) is 3.84. The molecule has 0 saturated heterocycles. The molecule has 13 heavy (non-hydrogen) atoms. The van der Waals surface area contributed by atoms with Gasteiger partial charge in [0.2, 0.25) is 0 Å². The minimum Gasteiger partial charge on any atom is -0.377 e. The van der Waals surface area contributed by atoms with Gasteiger partial charge in [-0.25, -0.2) is 0 Å². The first-order chi connectivity index (χ1) is 6.38. The second-order valence-electron chi connectivity index (χ2n) is 3.84. The molecule has 0 radical (unpaired) electrons. The summed E-state index contributed by atoms with van der Waals surface area (Å²) in [6.45, 7) is 6.29. The van der Waals surface area contributed by atoms with Crippen molar-refractivity contribution in [2.45, 2.75) is 58.1 Å². The average Bonchev–Trinajstić information content (AvgIpc) is 2.17. The summed E-state index contributed by atoms with van der Waals surface area (Å²) in [5.41, 5.74) is 0. The van der Waals surface area contributed by atoms with Crippen LogP contribution >= 0.6 is 0 Å². The van der Waals surface area contributed by atoms with Gasteiger partial charge in [-0.15, -0.1) is 0 Å². The third-order valence-electron chi connectivity index (χ3n) is 2.74. The van der Waals surface area contributed by atoms with Gasteiger partial charge >= 0.3 is 0 Å². The van der Waals surface area contributed by atoms with Gasteiger partial charge < -0.3 is 10.1 Å². The van der Waals surface area contributed by atoms with E-state index < -0.39 is 0 Å². The van der Waals surface area contributed by atoms with Crippen LogP contribution in [-0.4, -0.2) is 25.3 Å². The number of nitrogens with one attached hydrogen (secondary N) is 1. The molecule has 1 fully saturated rings. The van der Waals surface area contributed by atoms with Gasteiger partial charge in [0.15, 0.2) is 0 Å². The van der Waals surface area contributed by atoms with E-state index >= 15 is 0 Å². The molecule has 0 aliphatic heterocycles. The highest BCUT2D eigenvalue weighted by molar-refractivity contribution is 4.81. The van der Waals surface area contributed by atoms with Gasteiger partial charge in [-0.1, -0.05) is 19.8 Å². The maximum Gasteiger partial charge on any atom is 0.0727 e. The van der Waals surface area contributed by atoms with Crippen LogP contribution in [0.25, 0.3) is 0 Å². The predicted molar refractivity (Wildman–Crippen MR) is 56.0 cm³/mol. The molecule has 0 heterocycles. The monoisotopic (exact) mass is 185 g/mol. The zero-order chi connectivity index (χ0) is 9.52. The van der Waals surface area contributed by atoms with Crippen LogP contribution < -0.4 is 5.32 Å². The molecular weight excluding hydrogens is 162 g/mol. The van der Waals surface area contributed by atoms with Gasteiger partial charge in [-0.2, -0.15) is 0 Å². The molecule has 0 aromatic heterocycles. The van der Waals surface area contributed by atoms with E-state index in [4.69, 9.17) is 4.74 Å². The Morgan fingerprint density at radius 3 is 2.69 bits per heavy atom. The summed E-state index contributed by atoms with van der Waals surface area (Å²) in [6.07, 6.45) is 6.94. The molecular formula is C11H23NO. The molecule has 2 atom stereocenters. The Morgan fingerprint density at radius 2 is 2.00 bits per heavy atom. The summed E-state index contributed by atoms with van der Waals surface area (Å²) in [4.78, 5) is 0. The van der Waals surface area contributed by atoms with Crippen molar-refractivity contribution in [3.8, 4) is 0 Å². The number of rotatable bonds is 5. The van der Waals surface area contributed by atoms with Crippen LogP contribution in [0.2, 0.25) is 0 Å². The van der Waals surface area contributed by atoms with E-state index in [2.05, 4.69) is 19.2 Å². The maximum absolute atomic E-state index is 5.73. The molecule has 1 rings (SSSR count). The average molecular weight is 185 g/mol. The summed E-state index contributed by atoms with van der Waals surface area (Å²) >= 11 is 0. The van der Waals surface area contributed by atoms with E-state index in [9.17, 15) is 0 Å². The van der Waals surface area contributed by atoms with Crippen molar-refractivity contribution in [1.29, 1.82) is 0 Å². The molecule has 2 unspecified atom stereocenters. The van der Waals surface area contributed by atoms with Crippen LogP contribution in [-0.2, 0) is 4.74 Å². The molecule has 1 aliphatic rings. The Labute approximate surface area is 82.0 Å². The van der Waals surface area contributed by atoms with E-state index in [0.29, 0.717) is 12.1 Å². The van der Waals surface area contributed by atoms with Crippen molar-refractivity contribution in [3.05, 3.63) is 0 Å². The zero-order valence-electron chi connectivity index (χ0n) is 9.01. The predicted octanol–water partition coefficient (Wildman–Crippen LogP) is 2.33. The number of ether oxygens (including phenoxy) is 1. The molecule has 78 valence electrons. The highest BCUT2D eigenvalue weighted by Gasteiger charge is 2.24. The Hall–Kier alpha value is -0.0800. The SMILES string of the molecule is CCCNC1CCCCC1OCC. The molecule has 2 nitrogen and oxygen atoms in total. The first-order valence-corrected chi connectivity index (χ1v) is 5.73. The quantitative estimate of drug-likeness (QED) is 0.710. The Kier molecular flexibility index (Phi) is 5.40. The van der Waals surface area contributed by atoms with Gasteiger partial charge in [0.05, 0.1) is 6.10 Å². The molecule has 0 amide bonds. The van der Waals surface area contributed by atoms with E-state index in [1.165, 1.54) is 32.1 Å². The first-order valence-electron chi connectivity index (χ1n) is 5.73. The lowest BCUT2D eigenvalue weighted by Crippen LogP contribution is -2.43. The van der Waals surface area contributed by atoms with E-state index in [1.54, 1.807) is 0 Å². The summed E-state index contributed by atoms with van der Waals surface area (Å²) in [6, 6.07) is 0.619. The summed E-state index contributed by atoms with van der Waals surface area (Å²) in [5, 5.41) is 3.58. The maximum atomic E-state index is 5.73. The van der Waals surface area contributed by atoms with Crippen molar-refractivity contribution in [1.82, 2.24) is 5.32 Å². The Bertz CT molecular complexity index is 125. The van der Waals surface area contributed by atoms with Crippen LogP contribution in [0, 0.1) is 0 Å². The largest absolute Gasteiger partial charge is 0.377 e. The van der Waals surface area contributed by atoms with Crippen LogP contribution in [0.3, 0.4) is 0 Å². The lowest BCUT2D eigenvalue weighted by molar-refractivity contribution is 0.0124. The van der Waals surface area contributed by atoms with Gasteiger partial charge in [-0.3, -0.25) is 0 Å². The van der Waals surface area contributed by atoms with E-state index in [0.717, 1.165) is 13.2 Å².